The molecule has 0 amide bonds. The molecule has 5 heteroatoms. The normalized spacial score (nSPS) is 10.6. The van der Waals surface area contributed by atoms with Crippen molar-refractivity contribution in [1.82, 2.24) is 9.97 Å². The van der Waals surface area contributed by atoms with Crippen LogP contribution in [0, 0.1) is 3.57 Å². The average molecular weight is 391 g/mol. The molecule has 0 unspecified atom stereocenters. The summed E-state index contributed by atoms with van der Waals surface area (Å²) < 4.78 is 6.42. The van der Waals surface area contributed by atoms with Crippen molar-refractivity contribution in [2.75, 3.05) is 19.5 Å². The summed E-state index contributed by atoms with van der Waals surface area (Å²) in [6.45, 7) is 0. The van der Waals surface area contributed by atoms with Crippen molar-refractivity contribution in [1.29, 1.82) is 0 Å². The zero-order chi connectivity index (χ0) is 14.8. The van der Waals surface area contributed by atoms with Gasteiger partial charge in [-0.15, -0.1) is 0 Å². The van der Waals surface area contributed by atoms with Crippen molar-refractivity contribution < 1.29 is 4.74 Å². The fraction of sp³-hybridized carbons (Fsp3) is 0.125. The number of hydrogen-bond acceptors (Lipinski definition) is 4. The van der Waals surface area contributed by atoms with E-state index in [4.69, 9.17) is 4.74 Å². The zero-order valence-corrected chi connectivity index (χ0v) is 13.9. The van der Waals surface area contributed by atoms with Gasteiger partial charge in [-0.05, 0) is 40.1 Å². The maximum atomic E-state index is 5.43. The van der Waals surface area contributed by atoms with Crippen LogP contribution >= 0.6 is 22.6 Å². The highest BCUT2D eigenvalue weighted by atomic mass is 127. The molecule has 3 rings (SSSR count). The molecule has 3 aromatic rings. The SMILES string of the molecule is CNc1nc(-c2ccc(OC)c3ccccc23)ncc1I. The number of benzene rings is 2. The van der Waals surface area contributed by atoms with Crippen LogP contribution in [0.25, 0.3) is 22.2 Å². The van der Waals surface area contributed by atoms with E-state index in [1.54, 1.807) is 7.11 Å². The number of rotatable bonds is 3. The number of methoxy groups -OCH3 is 1. The van der Waals surface area contributed by atoms with Crippen molar-refractivity contribution >= 4 is 39.2 Å². The Balaban J connectivity index is 2.26. The van der Waals surface area contributed by atoms with Crippen LogP contribution < -0.4 is 10.1 Å². The molecule has 0 bridgehead atoms. The van der Waals surface area contributed by atoms with E-state index >= 15 is 0 Å². The lowest BCUT2D eigenvalue weighted by Gasteiger charge is -2.11. The van der Waals surface area contributed by atoms with Gasteiger partial charge in [0, 0.05) is 24.2 Å². The van der Waals surface area contributed by atoms with Crippen LogP contribution in [0.3, 0.4) is 0 Å². The third-order valence-electron chi connectivity index (χ3n) is 3.33. The summed E-state index contributed by atoms with van der Waals surface area (Å²) in [7, 11) is 3.54. The number of nitrogens with one attached hydrogen (secondary N) is 1. The van der Waals surface area contributed by atoms with Gasteiger partial charge < -0.3 is 10.1 Å². The first-order valence-corrected chi connectivity index (χ1v) is 7.59. The number of ether oxygens (including phenoxy) is 1. The molecule has 0 aliphatic heterocycles. The maximum absolute atomic E-state index is 5.43. The van der Waals surface area contributed by atoms with Gasteiger partial charge in [-0.2, -0.15) is 0 Å². The number of hydrogen-bond donors (Lipinski definition) is 1. The summed E-state index contributed by atoms with van der Waals surface area (Å²) in [5.41, 5.74) is 0.999. The van der Waals surface area contributed by atoms with Crippen LogP contribution in [0.1, 0.15) is 0 Å². The standard InChI is InChI=1S/C16H14IN3O/c1-18-16-13(17)9-19-15(20-16)12-7-8-14(21-2)11-6-4-3-5-10(11)12/h3-9H,1-2H3,(H,18,19,20). The lowest BCUT2D eigenvalue weighted by Crippen LogP contribution is -1.99. The molecule has 4 nitrogen and oxygen atoms in total. The van der Waals surface area contributed by atoms with Gasteiger partial charge >= 0.3 is 0 Å². The lowest BCUT2D eigenvalue weighted by molar-refractivity contribution is 0.420. The van der Waals surface area contributed by atoms with Gasteiger partial charge in [-0.1, -0.05) is 24.3 Å². The highest BCUT2D eigenvalue weighted by Crippen LogP contribution is 2.33. The van der Waals surface area contributed by atoms with Crippen LogP contribution in [0.4, 0.5) is 5.82 Å². The Kier molecular flexibility index (Phi) is 3.92. The van der Waals surface area contributed by atoms with Gasteiger partial charge in [0.15, 0.2) is 5.82 Å². The van der Waals surface area contributed by atoms with Crippen LogP contribution in [0.15, 0.2) is 42.6 Å². The number of nitrogens with zero attached hydrogens (tertiary/aromatic N) is 2. The minimum Gasteiger partial charge on any atom is -0.496 e. The van der Waals surface area contributed by atoms with Crippen molar-refractivity contribution in [2.24, 2.45) is 0 Å². The fourth-order valence-corrected chi connectivity index (χ4v) is 2.85. The molecule has 1 aromatic heterocycles. The largest absolute Gasteiger partial charge is 0.496 e. The maximum Gasteiger partial charge on any atom is 0.162 e. The topological polar surface area (TPSA) is 47.0 Å². The Morgan fingerprint density at radius 1 is 1.10 bits per heavy atom. The second-order valence-electron chi connectivity index (χ2n) is 4.50. The van der Waals surface area contributed by atoms with Gasteiger partial charge in [-0.25, -0.2) is 9.97 Å². The molecular weight excluding hydrogens is 377 g/mol. The van der Waals surface area contributed by atoms with Crippen molar-refractivity contribution in [3.05, 3.63) is 46.2 Å². The minimum atomic E-state index is 0.707. The molecule has 0 saturated carbocycles. The summed E-state index contributed by atoms with van der Waals surface area (Å²) in [4.78, 5) is 9.06. The molecule has 21 heavy (non-hydrogen) atoms. The van der Waals surface area contributed by atoms with Gasteiger partial charge in [0.1, 0.15) is 11.6 Å². The van der Waals surface area contributed by atoms with E-state index in [9.17, 15) is 0 Å². The Labute approximate surface area is 136 Å². The number of halogens is 1. The predicted octanol–water partition coefficient (Wildman–Crippen LogP) is 3.95. The van der Waals surface area contributed by atoms with E-state index in [1.165, 1.54) is 0 Å². The van der Waals surface area contributed by atoms with Crippen molar-refractivity contribution in [3.8, 4) is 17.1 Å². The molecule has 0 atom stereocenters. The summed E-state index contributed by atoms with van der Waals surface area (Å²) in [5.74, 6) is 2.40. The molecule has 0 fully saturated rings. The third kappa shape index (κ3) is 2.53. The van der Waals surface area contributed by atoms with Gasteiger partial charge in [-0.3, -0.25) is 0 Å². The molecular formula is C16H14IN3O. The first-order valence-electron chi connectivity index (χ1n) is 6.51. The summed E-state index contributed by atoms with van der Waals surface area (Å²) in [5, 5.41) is 5.24. The molecule has 0 radical (unpaired) electrons. The van der Waals surface area contributed by atoms with Crippen LogP contribution in [-0.2, 0) is 0 Å². The monoisotopic (exact) mass is 391 g/mol. The second kappa shape index (κ2) is 5.85. The predicted molar refractivity (Wildman–Crippen MR) is 93.8 cm³/mol. The average Bonchev–Trinajstić information content (AvgIpc) is 2.54. The lowest BCUT2D eigenvalue weighted by atomic mass is 10.0. The van der Waals surface area contributed by atoms with Gasteiger partial charge in [0.05, 0.1) is 10.7 Å². The number of anilines is 1. The first-order chi connectivity index (χ1) is 10.2. The van der Waals surface area contributed by atoms with E-state index in [-0.39, 0.29) is 0 Å². The highest BCUT2D eigenvalue weighted by molar-refractivity contribution is 14.1. The number of fused-ring (bicyclic) bond motifs is 1. The Hall–Kier alpha value is -1.89. The third-order valence-corrected chi connectivity index (χ3v) is 4.12. The number of aromatic nitrogens is 2. The zero-order valence-electron chi connectivity index (χ0n) is 11.7. The minimum absolute atomic E-state index is 0.707. The highest BCUT2D eigenvalue weighted by Gasteiger charge is 2.11. The van der Waals surface area contributed by atoms with E-state index in [0.29, 0.717) is 5.82 Å². The molecule has 0 saturated heterocycles. The van der Waals surface area contributed by atoms with Gasteiger partial charge in [0.2, 0.25) is 0 Å². The molecule has 106 valence electrons. The van der Waals surface area contributed by atoms with Crippen LogP contribution in [0.2, 0.25) is 0 Å². The van der Waals surface area contributed by atoms with E-state index in [1.807, 2.05) is 43.6 Å². The molecule has 0 aliphatic carbocycles. The van der Waals surface area contributed by atoms with E-state index in [0.717, 1.165) is 31.5 Å². The van der Waals surface area contributed by atoms with Crippen LogP contribution in [0.5, 0.6) is 5.75 Å². The Bertz CT molecular complexity index is 805. The van der Waals surface area contributed by atoms with Crippen LogP contribution in [-0.4, -0.2) is 24.1 Å². The van der Waals surface area contributed by atoms with Crippen molar-refractivity contribution in [3.63, 3.8) is 0 Å². The fourth-order valence-electron chi connectivity index (χ4n) is 2.32. The quantitative estimate of drug-likeness (QED) is 0.687. The summed E-state index contributed by atoms with van der Waals surface area (Å²) in [6.07, 6.45) is 1.83. The van der Waals surface area contributed by atoms with E-state index in [2.05, 4.69) is 43.9 Å². The summed E-state index contributed by atoms with van der Waals surface area (Å²) in [6, 6.07) is 12.1. The molecule has 0 spiro atoms. The molecule has 2 aromatic carbocycles. The van der Waals surface area contributed by atoms with Gasteiger partial charge in [0.25, 0.3) is 0 Å². The van der Waals surface area contributed by atoms with E-state index < -0.39 is 0 Å². The Morgan fingerprint density at radius 2 is 1.86 bits per heavy atom. The van der Waals surface area contributed by atoms with Crippen molar-refractivity contribution in [2.45, 2.75) is 0 Å². The summed E-state index contributed by atoms with van der Waals surface area (Å²) >= 11 is 2.22. The first kappa shape index (κ1) is 14.1. The smallest absolute Gasteiger partial charge is 0.162 e. The molecule has 1 N–H and O–H groups in total. The molecule has 0 aliphatic rings. The second-order valence-corrected chi connectivity index (χ2v) is 5.66. The Morgan fingerprint density at radius 3 is 2.57 bits per heavy atom. The molecule has 1 heterocycles.